The molecule has 0 spiro atoms. The van der Waals surface area contributed by atoms with Gasteiger partial charge in [0.1, 0.15) is 5.65 Å². The van der Waals surface area contributed by atoms with E-state index in [1.807, 2.05) is 27.7 Å². The molecule has 1 aliphatic rings. The highest BCUT2D eigenvalue weighted by Gasteiger charge is 2.30. The Morgan fingerprint density at radius 3 is 2.59 bits per heavy atom. The molecule has 4 N–H and O–H groups in total. The van der Waals surface area contributed by atoms with Crippen LogP contribution in [0.3, 0.4) is 0 Å². The van der Waals surface area contributed by atoms with Crippen molar-refractivity contribution in [2.45, 2.75) is 65.6 Å². The number of hydrogen-bond donors (Lipinski definition) is 3. The van der Waals surface area contributed by atoms with Gasteiger partial charge >= 0.3 is 0 Å². The second-order valence-corrected chi connectivity index (χ2v) is 8.25. The number of aromatic nitrogens is 3. The van der Waals surface area contributed by atoms with Crippen molar-refractivity contribution in [3.8, 4) is 5.88 Å². The summed E-state index contributed by atoms with van der Waals surface area (Å²) in [4.78, 5) is 25.6. The van der Waals surface area contributed by atoms with Gasteiger partial charge in [0.15, 0.2) is 5.56 Å². The minimum absolute atomic E-state index is 0. The molecule has 1 atom stereocenters. The number of nitrogens with two attached hydrogens (primary N) is 1. The van der Waals surface area contributed by atoms with E-state index in [0.717, 1.165) is 12.8 Å². The largest absolute Gasteiger partial charge is 0.492 e. The van der Waals surface area contributed by atoms with Crippen molar-refractivity contribution in [3.05, 3.63) is 27.7 Å². The van der Waals surface area contributed by atoms with Crippen molar-refractivity contribution in [2.24, 2.45) is 11.1 Å². The van der Waals surface area contributed by atoms with E-state index in [9.17, 15) is 14.7 Å². The first-order valence-corrected chi connectivity index (χ1v) is 9.04. The van der Waals surface area contributed by atoms with Crippen LogP contribution in [0.25, 0.3) is 5.65 Å². The molecule has 2 heterocycles. The molecule has 9 heteroatoms. The Balaban J connectivity index is 0.00000261. The molecule has 3 rings (SSSR count). The predicted octanol–water partition coefficient (Wildman–Crippen LogP) is 1.97. The number of fused-ring (bicyclic) bond motifs is 1. The van der Waals surface area contributed by atoms with E-state index in [4.69, 9.17) is 5.73 Å². The Hall–Kier alpha value is -2.06. The molecule has 2 aromatic heterocycles. The van der Waals surface area contributed by atoms with Gasteiger partial charge < -0.3 is 16.2 Å². The summed E-state index contributed by atoms with van der Waals surface area (Å²) in [6.45, 7) is 8.32. The second kappa shape index (κ2) is 7.52. The molecule has 2 aromatic rings. The number of carbonyl (C=O) groups excluding carboxylic acids is 1. The Morgan fingerprint density at radius 2 is 2.07 bits per heavy atom. The second-order valence-electron chi connectivity index (χ2n) is 8.25. The van der Waals surface area contributed by atoms with Crippen molar-refractivity contribution >= 4 is 24.0 Å². The number of nitrogens with zero attached hydrogens (tertiary/aromatic N) is 3. The first-order chi connectivity index (χ1) is 12.1. The molecule has 0 saturated heterocycles. The number of hydrogen-bond acceptors (Lipinski definition) is 5. The van der Waals surface area contributed by atoms with E-state index in [0.29, 0.717) is 24.3 Å². The van der Waals surface area contributed by atoms with E-state index in [1.165, 1.54) is 9.08 Å². The normalized spacial score (nSPS) is 15.4. The van der Waals surface area contributed by atoms with Gasteiger partial charge in [0.2, 0.25) is 5.88 Å². The standard InChI is InChI=1S/C18H27N5O3.ClH/c1-5-11(19)12-8-13-22(9-18(2,3)4)16(25)14(17(26)23(13)21-12)15(24)20-10-6-7-10;/h8,10-11,26H,5-7,9,19H2,1-4H3,(H,20,24);1H. The summed E-state index contributed by atoms with van der Waals surface area (Å²) in [6.07, 6.45) is 2.45. The Bertz CT molecular complexity index is 908. The minimum atomic E-state index is -0.559. The van der Waals surface area contributed by atoms with Gasteiger partial charge in [0.25, 0.3) is 11.5 Å². The molecule has 0 bridgehead atoms. The number of amides is 1. The van der Waals surface area contributed by atoms with Crippen molar-refractivity contribution in [1.82, 2.24) is 19.5 Å². The lowest BCUT2D eigenvalue weighted by Gasteiger charge is -2.21. The van der Waals surface area contributed by atoms with Crippen LogP contribution in [0.1, 0.15) is 69.1 Å². The van der Waals surface area contributed by atoms with Crippen LogP contribution in [-0.2, 0) is 6.54 Å². The van der Waals surface area contributed by atoms with Gasteiger partial charge in [-0.2, -0.15) is 9.61 Å². The molecule has 150 valence electrons. The van der Waals surface area contributed by atoms with E-state index < -0.39 is 17.3 Å². The first-order valence-electron chi connectivity index (χ1n) is 9.04. The molecule has 0 aromatic carbocycles. The fourth-order valence-corrected chi connectivity index (χ4v) is 2.88. The number of carbonyl (C=O) groups is 1. The van der Waals surface area contributed by atoms with Crippen LogP contribution in [0.2, 0.25) is 0 Å². The topological polar surface area (TPSA) is 115 Å². The zero-order valence-electron chi connectivity index (χ0n) is 16.2. The van der Waals surface area contributed by atoms with Crippen LogP contribution in [-0.4, -0.2) is 31.2 Å². The van der Waals surface area contributed by atoms with E-state index in [1.54, 1.807) is 6.07 Å². The Kier molecular flexibility index (Phi) is 5.91. The molecule has 0 radical (unpaired) electrons. The fourth-order valence-electron chi connectivity index (χ4n) is 2.88. The van der Waals surface area contributed by atoms with Crippen LogP contribution < -0.4 is 16.6 Å². The van der Waals surface area contributed by atoms with E-state index >= 15 is 0 Å². The van der Waals surface area contributed by atoms with Crippen molar-refractivity contribution in [2.75, 3.05) is 0 Å². The first kappa shape index (κ1) is 21.2. The average molecular weight is 398 g/mol. The highest BCUT2D eigenvalue weighted by atomic mass is 35.5. The van der Waals surface area contributed by atoms with Crippen LogP contribution in [0.5, 0.6) is 5.88 Å². The molecule has 1 saturated carbocycles. The highest BCUT2D eigenvalue weighted by molar-refractivity contribution is 5.96. The molecule has 1 unspecified atom stereocenters. The summed E-state index contributed by atoms with van der Waals surface area (Å²) >= 11 is 0. The summed E-state index contributed by atoms with van der Waals surface area (Å²) in [5, 5.41) is 17.7. The molecular weight excluding hydrogens is 370 g/mol. The van der Waals surface area contributed by atoms with Crippen molar-refractivity contribution < 1.29 is 9.90 Å². The van der Waals surface area contributed by atoms with Crippen molar-refractivity contribution in [1.29, 1.82) is 0 Å². The fraction of sp³-hybridized carbons (Fsp3) is 0.611. The van der Waals surface area contributed by atoms with E-state index in [2.05, 4.69) is 10.4 Å². The highest BCUT2D eigenvalue weighted by Crippen LogP contribution is 2.25. The maximum absolute atomic E-state index is 13.0. The molecule has 1 fully saturated rings. The monoisotopic (exact) mass is 397 g/mol. The van der Waals surface area contributed by atoms with Crippen LogP contribution in [0.15, 0.2) is 10.9 Å². The number of halogens is 1. The van der Waals surface area contributed by atoms with Crippen LogP contribution in [0, 0.1) is 5.41 Å². The van der Waals surface area contributed by atoms with Gasteiger partial charge in [-0.25, -0.2) is 0 Å². The zero-order chi connectivity index (χ0) is 19.2. The smallest absolute Gasteiger partial charge is 0.270 e. The predicted molar refractivity (Wildman–Crippen MR) is 106 cm³/mol. The van der Waals surface area contributed by atoms with Gasteiger partial charge in [0.05, 0.1) is 5.69 Å². The van der Waals surface area contributed by atoms with Gasteiger partial charge in [-0.1, -0.05) is 27.7 Å². The lowest BCUT2D eigenvalue weighted by molar-refractivity contribution is 0.0944. The number of nitrogens with one attached hydrogen (secondary N) is 1. The molecule has 8 nitrogen and oxygen atoms in total. The summed E-state index contributed by atoms with van der Waals surface area (Å²) < 4.78 is 2.75. The molecule has 1 amide bonds. The van der Waals surface area contributed by atoms with Crippen molar-refractivity contribution in [3.63, 3.8) is 0 Å². The van der Waals surface area contributed by atoms with Gasteiger partial charge in [-0.15, -0.1) is 12.4 Å². The molecule has 27 heavy (non-hydrogen) atoms. The van der Waals surface area contributed by atoms with Crippen LogP contribution in [0.4, 0.5) is 0 Å². The third-order valence-electron chi connectivity index (χ3n) is 4.46. The summed E-state index contributed by atoms with van der Waals surface area (Å²) in [5.41, 5.74) is 6.09. The zero-order valence-corrected chi connectivity index (χ0v) is 17.0. The number of aromatic hydroxyl groups is 1. The Labute approximate surface area is 164 Å². The third-order valence-corrected chi connectivity index (χ3v) is 4.46. The van der Waals surface area contributed by atoms with E-state index in [-0.39, 0.29) is 35.5 Å². The summed E-state index contributed by atoms with van der Waals surface area (Å²) in [5.74, 6) is -1.00. The lowest BCUT2D eigenvalue weighted by atomic mass is 9.97. The third kappa shape index (κ3) is 4.27. The SMILES string of the molecule is CCC(N)c1cc2n(CC(C)(C)C)c(=O)c(C(=O)NC3CC3)c(O)n2n1.Cl. The lowest BCUT2D eigenvalue weighted by Crippen LogP contribution is -2.37. The summed E-state index contributed by atoms with van der Waals surface area (Å²) in [6, 6.07) is 1.48. The Morgan fingerprint density at radius 1 is 1.44 bits per heavy atom. The van der Waals surface area contributed by atoms with Gasteiger partial charge in [-0.3, -0.25) is 14.2 Å². The average Bonchev–Trinajstić information content (AvgIpc) is 3.24. The minimum Gasteiger partial charge on any atom is -0.492 e. The quantitative estimate of drug-likeness (QED) is 0.713. The summed E-state index contributed by atoms with van der Waals surface area (Å²) in [7, 11) is 0. The number of rotatable bonds is 5. The maximum Gasteiger partial charge on any atom is 0.270 e. The van der Waals surface area contributed by atoms with Gasteiger partial charge in [0, 0.05) is 24.7 Å². The maximum atomic E-state index is 13.0. The molecular formula is C18H28ClN5O3. The van der Waals surface area contributed by atoms with Gasteiger partial charge in [-0.05, 0) is 24.7 Å². The molecule has 0 aliphatic heterocycles. The van der Waals surface area contributed by atoms with Crippen LogP contribution >= 0.6 is 12.4 Å². The molecule has 1 aliphatic carbocycles.